The fourth-order valence-corrected chi connectivity index (χ4v) is 3.40. The molecular formula is C7H13N3O3S2. The van der Waals surface area contributed by atoms with E-state index in [2.05, 4.69) is 15.0 Å². The molecule has 8 heteroatoms. The zero-order valence-electron chi connectivity index (χ0n) is 8.46. The molecule has 0 aliphatic heterocycles. The van der Waals surface area contributed by atoms with Crippen LogP contribution in [0.5, 0.6) is 0 Å². The van der Waals surface area contributed by atoms with E-state index in [9.17, 15) is 13.2 Å². The van der Waals surface area contributed by atoms with E-state index in [1.807, 2.05) is 0 Å². The molecule has 3 N–H and O–H groups in total. The van der Waals surface area contributed by atoms with E-state index in [0.717, 1.165) is 0 Å². The molecule has 0 unspecified atom stereocenters. The molecule has 0 aliphatic carbocycles. The largest absolute Gasteiger partial charge is 0.318 e. The van der Waals surface area contributed by atoms with Gasteiger partial charge in [0.2, 0.25) is 0 Å². The summed E-state index contributed by atoms with van der Waals surface area (Å²) in [6, 6.07) is 0. The second-order valence-electron chi connectivity index (χ2n) is 2.93. The Kier molecular flexibility index (Phi) is 4.03. The first-order valence-electron chi connectivity index (χ1n) is 4.31. The molecule has 0 spiro atoms. The number of nitrogens with one attached hydrogen (secondary N) is 3. The molecule has 0 fully saturated rings. The fraction of sp³-hybridized carbons (Fsp3) is 0.571. The predicted octanol–water partition coefficient (Wildman–Crippen LogP) is -0.757. The van der Waals surface area contributed by atoms with Gasteiger partial charge in [-0.1, -0.05) is 11.3 Å². The zero-order valence-corrected chi connectivity index (χ0v) is 10.1. The van der Waals surface area contributed by atoms with Crippen molar-refractivity contribution < 1.29 is 8.42 Å². The highest BCUT2D eigenvalue weighted by Crippen LogP contribution is 2.14. The van der Waals surface area contributed by atoms with Gasteiger partial charge in [-0.05, 0) is 14.0 Å². The van der Waals surface area contributed by atoms with Crippen LogP contribution in [0, 0.1) is 6.92 Å². The second-order valence-corrected chi connectivity index (χ2v) is 5.87. The Labute approximate surface area is 91.8 Å². The van der Waals surface area contributed by atoms with Crippen molar-refractivity contribution in [2.45, 2.75) is 11.1 Å². The van der Waals surface area contributed by atoms with Gasteiger partial charge in [-0.2, -0.15) is 0 Å². The normalized spacial score (nSPS) is 11.9. The number of aryl methyl sites for hydroxylation is 1. The molecule has 0 aliphatic rings. The number of hydrogen-bond donors (Lipinski definition) is 3. The molecule has 0 bridgehead atoms. The lowest BCUT2D eigenvalue weighted by Crippen LogP contribution is -2.30. The quantitative estimate of drug-likeness (QED) is 0.600. The highest BCUT2D eigenvalue weighted by atomic mass is 32.2. The summed E-state index contributed by atoms with van der Waals surface area (Å²) in [5.74, 6) is 0. The Balaban J connectivity index is 2.87. The summed E-state index contributed by atoms with van der Waals surface area (Å²) in [6.45, 7) is 2.40. The molecule has 0 radical (unpaired) electrons. The molecule has 6 nitrogen and oxygen atoms in total. The first-order valence-corrected chi connectivity index (χ1v) is 6.61. The lowest BCUT2D eigenvalue weighted by molar-refractivity contribution is 0.581. The number of thiazole rings is 1. The number of aromatic nitrogens is 1. The van der Waals surface area contributed by atoms with Gasteiger partial charge in [0.25, 0.3) is 10.0 Å². The third-order valence-electron chi connectivity index (χ3n) is 1.69. The van der Waals surface area contributed by atoms with Gasteiger partial charge < -0.3 is 10.3 Å². The Morgan fingerprint density at radius 2 is 2.07 bits per heavy atom. The molecule has 1 heterocycles. The minimum atomic E-state index is -3.55. The predicted molar refractivity (Wildman–Crippen MR) is 58.8 cm³/mol. The van der Waals surface area contributed by atoms with Crippen molar-refractivity contribution in [2.75, 3.05) is 20.1 Å². The maximum atomic E-state index is 11.7. The van der Waals surface area contributed by atoms with Gasteiger partial charge >= 0.3 is 4.87 Å². The van der Waals surface area contributed by atoms with E-state index in [0.29, 0.717) is 30.1 Å². The summed E-state index contributed by atoms with van der Waals surface area (Å²) in [6.07, 6.45) is 0. The van der Waals surface area contributed by atoms with Crippen LogP contribution >= 0.6 is 11.3 Å². The molecule has 1 aromatic rings. The molecule has 0 saturated carbocycles. The number of hydrogen-bond acceptors (Lipinski definition) is 5. The van der Waals surface area contributed by atoms with Crippen molar-refractivity contribution in [2.24, 2.45) is 0 Å². The lowest BCUT2D eigenvalue weighted by Gasteiger charge is -2.04. The number of aromatic amines is 1. The minimum absolute atomic E-state index is 0.0589. The Morgan fingerprint density at radius 1 is 1.40 bits per heavy atom. The van der Waals surface area contributed by atoms with Gasteiger partial charge in [0.15, 0.2) is 4.21 Å². The van der Waals surface area contributed by atoms with Crippen LogP contribution in [0.3, 0.4) is 0 Å². The molecule has 0 atom stereocenters. The molecule has 0 amide bonds. The van der Waals surface area contributed by atoms with Crippen LogP contribution in [-0.4, -0.2) is 33.5 Å². The van der Waals surface area contributed by atoms with Gasteiger partial charge in [-0.3, -0.25) is 4.79 Å². The van der Waals surface area contributed by atoms with Crippen molar-refractivity contribution in [3.63, 3.8) is 0 Å². The first kappa shape index (κ1) is 12.4. The Bertz CT molecular complexity index is 474. The summed E-state index contributed by atoms with van der Waals surface area (Å²) in [5.41, 5.74) is 0.377. The van der Waals surface area contributed by atoms with Crippen LogP contribution in [0.4, 0.5) is 0 Å². The van der Waals surface area contributed by atoms with E-state index in [1.54, 1.807) is 14.0 Å². The van der Waals surface area contributed by atoms with Gasteiger partial charge in [0.1, 0.15) is 0 Å². The molecule has 0 saturated heterocycles. The van der Waals surface area contributed by atoms with Gasteiger partial charge in [-0.25, -0.2) is 13.1 Å². The first-order chi connectivity index (χ1) is 6.97. The van der Waals surface area contributed by atoms with Crippen LogP contribution in [0.15, 0.2) is 9.00 Å². The van der Waals surface area contributed by atoms with Gasteiger partial charge in [0.05, 0.1) is 0 Å². The van der Waals surface area contributed by atoms with Crippen molar-refractivity contribution >= 4 is 21.4 Å². The summed E-state index contributed by atoms with van der Waals surface area (Å²) >= 11 is 0.697. The highest BCUT2D eigenvalue weighted by Gasteiger charge is 2.19. The van der Waals surface area contributed by atoms with Crippen molar-refractivity contribution in [1.29, 1.82) is 0 Å². The van der Waals surface area contributed by atoms with E-state index < -0.39 is 10.0 Å². The Morgan fingerprint density at radius 3 is 2.53 bits per heavy atom. The zero-order chi connectivity index (χ0) is 11.5. The average molecular weight is 251 g/mol. The van der Waals surface area contributed by atoms with Crippen molar-refractivity contribution in [1.82, 2.24) is 15.0 Å². The summed E-state index contributed by atoms with van der Waals surface area (Å²) < 4.78 is 25.8. The van der Waals surface area contributed by atoms with E-state index in [1.165, 1.54) is 0 Å². The standard InChI is InChI=1S/C7H13N3O3S2/c1-5-6(14-7(11)10-5)15(12,13)9-4-3-8-2/h8-9H,3-4H2,1-2H3,(H,10,11). The molecular weight excluding hydrogens is 238 g/mol. The van der Waals surface area contributed by atoms with E-state index in [4.69, 9.17) is 0 Å². The molecule has 1 aromatic heterocycles. The third-order valence-corrected chi connectivity index (χ3v) is 4.76. The van der Waals surface area contributed by atoms with E-state index in [-0.39, 0.29) is 9.08 Å². The fourth-order valence-electron chi connectivity index (χ4n) is 1.02. The molecule has 1 rings (SSSR count). The van der Waals surface area contributed by atoms with Crippen LogP contribution in [0.25, 0.3) is 0 Å². The topological polar surface area (TPSA) is 91.1 Å². The molecule has 15 heavy (non-hydrogen) atoms. The van der Waals surface area contributed by atoms with Crippen LogP contribution in [0.1, 0.15) is 5.69 Å². The second kappa shape index (κ2) is 4.88. The molecule has 86 valence electrons. The smallest absolute Gasteiger partial charge is 0.305 e. The molecule has 0 aromatic carbocycles. The summed E-state index contributed by atoms with van der Waals surface area (Å²) in [7, 11) is -1.81. The third kappa shape index (κ3) is 3.13. The maximum Gasteiger partial charge on any atom is 0.305 e. The minimum Gasteiger partial charge on any atom is -0.318 e. The lowest BCUT2D eigenvalue weighted by atomic mass is 10.6. The maximum absolute atomic E-state index is 11.7. The highest BCUT2D eigenvalue weighted by molar-refractivity contribution is 7.91. The summed E-state index contributed by atoms with van der Waals surface area (Å²) in [5, 5.41) is 2.82. The van der Waals surface area contributed by atoms with E-state index >= 15 is 0 Å². The number of sulfonamides is 1. The van der Waals surface area contributed by atoms with Crippen LogP contribution in [0.2, 0.25) is 0 Å². The average Bonchev–Trinajstić information content (AvgIpc) is 2.46. The van der Waals surface area contributed by atoms with Crippen molar-refractivity contribution in [3.8, 4) is 0 Å². The van der Waals surface area contributed by atoms with Crippen LogP contribution < -0.4 is 14.9 Å². The SMILES string of the molecule is CNCCNS(=O)(=O)c1sc(=O)[nH]c1C. The number of likely N-dealkylation sites (N-methyl/N-ethyl adjacent to an activating group) is 1. The number of rotatable bonds is 5. The van der Waals surface area contributed by atoms with Gasteiger partial charge in [0, 0.05) is 18.8 Å². The summed E-state index contributed by atoms with van der Waals surface area (Å²) in [4.78, 5) is 13.0. The van der Waals surface area contributed by atoms with Crippen LogP contribution in [-0.2, 0) is 10.0 Å². The van der Waals surface area contributed by atoms with Crippen molar-refractivity contribution in [3.05, 3.63) is 15.4 Å². The monoisotopic (exact) mass is 251 g/mol. The van der Waals surface area contributed by atoms with Gasteiger partial charge in [-0.15, -0.1) is 0 Å². The Hall–Kier alpha value is -0.700. The number of H-pyrrole nitrogens is 1.